The fourth-order valence-electron chi connectivity index (χ4n) is 2.18. The van der Waals surface area contributed by atoms with Crippen LogP contribution in [0.3, 0.4) is 0 Å². The summed E-state index contributed by atoms with van der Waals surface area (Å²) in [4.78, 5) is 22.9. The van der Waals surface area contributed by atoms with Crippen molar-refractivity contribution < 1.29 is 23.4 Å². The molecule has 0 spiro atoms. The van der Waals surface area contributed by atoms with Crippen LogP contribution in [0.5, 0.6) is 11.5 Å². The van der Waals surface area contributed by atoms with Crippen LogP contribution in [0.15, 0.2) is 63.8 Å². The summed E-state index contributed by atoms with van der Waals surface area (Å²) in [5.41, 5.74) is -0.0657. The first-order valence-electron chi connectivity index (χ1n) is 7.81. The van der Waals surface area contributed by atoms with Gasteiger partial charge in [0, 0.05) is 17.5 Å². The summed E-state index contributed by atoms with van der Waals surface area (Å²) in [6.45, 7) is -0.0225. The Morgan fingerprint density at radius 3 is 2.65 bits per heavy atom. The van der Waals surface area contributed by atoms with Crippen LogP contribution >= 0.6 is 11.6 Å². The molecular weight excluding hydrogens is 360 g/mol. The van der Waals surface area contributed by atoms with E-state index in [1.807, 2.05) is 0 Å². The summed E-state index contributed by atoms with van der Waals surface area (Å²) in [6, 6.07) is 15.0. The van der Waals surface area contributed by atoms with Crippen molar-refractivity contribution in [3.63, 3.8) is 0 Å². The second-order valence-corrected chi connectivity index (χ2v) is 5.65. The topological polar surface area (TPSA) is 75.0 Å². The fourth-order valence-corrected chi connectivity index (χ4v) is 2.37. The molecule has 0 saturated carbocycles. The van der Waals surface area contributed by atoms with E-state index < -0.39 is 11.6 Å². The Bertz CT molecular complexity index is 965. The number of benzene rings is 2. The fraction of sp³-hybridized carbons (Fsp3) is 0.158. The first-order valence-corrected chi connectivity index (χ1v) is 8.19. The largest absolute Gasteiger partial charge is 0.488 e. The van der Waals surface area contributed by atoms with Crippen LogP contribution in [0.4, 0.5) is 0 Å². The molecular formula is C19H15ClO6. The maximum Gasteiger partial charge on any atom is 0.344 e. The third-order valence-corrected chi connectivity index (χ3v) is 3.70. The lowest BCUT2D eigenvalue weighted by Gasteiger charge is -2.09. The molecule has 0 fully saturated rings. The second-order valence-electron chi connectivity index (χ2n) is 5.24. The Balaban J connectivity index is 1.44. The predicted octanol–water partition coefficient (Wildman–Crippen LogP) is 3.45. The molecule has 0 unspecified atom stereocenters. The molecule has 2 aromatic carbocycles. The van der Waals surface area contributed by atoms with Crippen molar-refractivity contribution in [1.82, 2.24) is 0 Å². The van der Waals surface area contributed by atoms with Crippen molar-refractivity contribution in [2.45, 2.75) is 0 Å². The van der Waals surface area contributed by atoms with E-state index in [9.17, 15) is 9.59 Å². The van der Waals surface area contributed by atoms with Crippen LogP contribution in [-0.4, -0.2) is 25.8 Å². The minimum atomic E-state index is -0.539. The monoisotopic (exact) mass is 374 g/mol. The number of ether oxygens (including phenoxy) is 3. The van der Waals surface area contributed by atoms with Crippen molar-refractivity contribution in [2.75, 3.05) is 19.8 Å². The lowest BCUT2D eigenvalue weighted by atomic mass is 10.2. The summed E-state index contributed by atoms with van der Waals surface area (Å²) in [5.74, 6) is 0.387. The van der Waals surface area contributed by atoms with Crippen molar-refractivity contribution in [3.05, 3.63) is 70.0 Å². The molecule has 3 aromatic rings. The molecule has 26 heavy (non-hydrogen) atoms. The van der Waals surface area contributed by atoms with Gasteiger partial charge < -0.3 is 18.6 Å². The SMILES string of the molecule is O=C(COc1ccc2ccc(=O)oc2c1)OCCOc1ccccc1Cl. The Labute approximate surface area is 153 Å². The third kappa shape index (κ3) is 4.77. The van der Waals surface area contributed by atoms with E-state index in [-0.39, 0.29) is 19.8 Å². The highest BCUT2D eigenvalue weighted by atomic mass is 35.5. The van der Waals surface area contributed by atoms with Gasteiger partial charge in [-0.3, -0.25) is 0 Å². The summed E-state index contributed by atoms with van der Waals surface area (Å²) in [7, 11) is 0. The van der Waals surface area contributed by atoms with Crippen molar-refractivity contribution in [1.29, 1.82) is 0 Å². The summed E-state index contributed by atoms with van der Waals surface area (Å²) >= 11 is 5.95. The quantitative estimate of drug-likeness (QED) is 0.358. The van der Waals surface area contributed by atoms with E-state index in [1.54, 1.807) is 48.5 Å². The molecule has 0 bridgehead atoms. The Morgan fingerprint density at radius 1 is 1.00 bits per heavy atom. The average Bonchev–Trinajstić information content (AvgIpc) is 2.64. The van der Waals surface area contributed by atoms with Gasteiger partial charge in [0.15, 0.2) is 6.61 Å². The molecule has 134 valence electrons. The smallest absolute Gasteiger partial charge is 0.344 e. The van der Waals surface area contributed by atoms with Crippen LogP contribution in [0, 0.1) is 0 Å². The summed E-state index contributed by atoms with van der Waals surface area (Å²) in [6.07, 6.45) is 0. The number of rotatable bonds is 7. The van der Waals surface area contributed by atoms with Crippen LogP contribution in [-0.2, 0) is 9.53 Å². The Morgan fingerprint density at radius 2 is 1.81 bits per heavy atom. The molecule has 0 N–H and O–H groups in total. The van der Waals surface area contributed by atoms with Crippen LogP contribution in [0.1, 0.15) is 0 Å². The highest BCUT2D eigenvalue weighted by Crippen LogP contribution is 2.23. The van der Waals surface area contributed by atoms with Crippen molar-refractivity contribution in [3.8, 4) is 11.5 Å². The molecule has 6 nitrogen and oxygen atoms in total. The zero-order valence-corrected chi connectivity index (χ0v) is 14.4. The highest BCUT2D eigenvalue weighted by molar-refractivity contribution is 6.32. The maximum absolute atomic E-state index is 11.7. The van der Waals surface area contributed by atoms with Crippen LogP contribution < -0.4 is 15.1 Å². The number of fused-ring (bicyclic) bond motifs is 1. The zero-order chi connectivity index (χ0) is 18.4. The molecule has 0 aliphatic heterocycles. The average molecular weight is 375 g/mol. The van der Waals surface area contributed by atoms with Gasteiger partial charge >= 0.3 is 11.6 Å². The van der Waals surface area contributed by atoms with Crippen LogP contribution in [0.2, 0.25) is 5.02 Å². The van der Waals surface area contributed by atoms with Gasteiger partial charge in [-0.05, 0) is 30.3 Å². The molecule has 1 heterocycles. The minimum Gasteiger partial charge on any atom is -0.488 e. The summed E-state index contributed by atoms with van der Waals surface area (Å²) < 4.78 is 20.9. The number of carbonyl (C=O) groups is 1. The van der Waals surface area contributed by atoms with Gasteiger partial charge in [-0.1, -0.05) is 23.7 Å². The van der Waals surface area contributed by atoms with Crippen LogP contribution in [0.25, 0.3) is 11.0 Å². The van der Waals surface area contributed by atoms with E-state index in [4.69, 9.17) is 30.2 Å². The molecule has 0 aliphatic rings. The van der Waals surface area contributed by atoms with E-state index >= 15 is 0 Å². The molecule has 7 heteroatoms. The first kappa shape index (κ1) is 17.8. The van der Waals surface area contributed by atoms with E-state index in [2.05, 4.69) is 0 Å². The standard InChI is InChI=1S/C19H15ClO6/c20-15-3-1-2-4-16(15)23-9-10-24-19(22)12-25-14-7-5-13-6-8-18(21)26-17(13)11-14/h1-8,11H,9-10,12H2. The van der Waals surface area contributed by atoms with E-state index in [0.717, 1.165) is 5.39 Å². The van der Waals surface area contributed by atoms with Gasteiger partial charge in [0.1, 0.15) is 30.3 Å². The Hall–Kier alpha value is -2.99. The summed E-state index contributed by atoms with van der Waals surface area (Å²) in [5, 5.41) is 1.25. The first-order chi connectivity index (χ1) is 12.6. The lowest BCUT2D eigenvalue weighted by molar-refractivity contribution is -0.146. The van der Waals surface area contributed by atoms with Crippen molar-refractivity contribution >= 4 is 28.5 Å². The van der Waals surface area contributed by atoms with Gasteiger partial charge in [-0.2, -0.15) is 0 Å². The molecule has 1 aromatic heterocycles. The second kappa shape index (κ2) is 8.40. The molecule has 3 rings (SSSR count). The predicted molar refractivity (Wildman–Crippen MR) is 95.9 cm³/mol. The number of esters is 1. The van der Waals surface area contributed by atoms with E-state index in [0.29, 0.717) is 22.1 Å². The normalized spacial score (nSPS) is 10.5. The third-order valence-electron chi connectivity index (χ3n) is 3.39. The van der Waals surface area contributed by atoms with Gasteiger partial charge in [0.25, 0.3) is 0 Å². The van der Waals surface area contributed by atoms with E-state index in [1.165, 1.54) is 6.07 Å². The molecule has 0 atom stereocenters. The number of hydrogen-bond acceptors (Lipinski definition) is 6. The van der Waals surface area contributed by atoms with Gasteiger partial charge in [-0.25, -0.2) is 9.59 Å². The minimum absolute atomic E-state index is 0.0695. The molecule has 0 aliphatic carbocycles. The molecule has 0 radical (unpaired) electrons. The van der Waals surface area contributed by atoms with Gasteiger partial charge in [0.05, 0.1) is 5.02 Å². The number of hydrogen-bond donors (Lipinski definition) is 0. The molecule has 0 saturated heterocycles. The molecule has 0 amide bonds. The number of carbonyl (C=O) groups excluding carboxylic acids is 1. The maximum atomic E-state index is 11.7. The van der Waals surface area contributed by atoms with Gasteiger partial charge in [0.2, 0.25) is 0 Å². The lowest BCUT2D eigenvalue weighted by Crippen LogP contribution is -2.18. The Kier molecular flexibility index (Phi) is 5.76. The number of para-hydroxylation sites is 1. The number of halogens is 1. The highest BCUT2D eigenvalue weighted by Gasteiger charge is 2.07. The van der Waals surface area contributed by atoms with Gasteiger partial charge in [-0.15, -0.1) is 0 Å². The van der Waals surface area contributed by atoms with Crippen molar-refractivity contribution in [2.24, 2.45) is 0 Å². The zero-order valence-electron chi connectivity index (χ0n) is 13.6.